The Morgan fingerprint density at radius 1 is 0.696 bits per heavy atom. The van der Waals surface area contributed by atoms with Crippen LogP contribution in [-0.2, 0) is 20.6 Å². The molecule has 4 heterocycles. The number of nitrogens with zero attached hydrogens (tertiary/aromatic N) is 10. The summed E-state index contributed by atoms with van der Waals surface area (Å²) in [6.45, 7) is 4.03. The average molecular weight is 668 g/mol. The van der Waals surface area contributed by atoms with Gasteiger partial charge in [0.05, 0.1) is 35.1 Å². The van der Waals surface area contributed by atoms with E-state index in [0.717, 1.165) is 58.4 Å². The third-order valence-electron chi connectivity index (χ3n) is 7.55. The Bertz CT molecular complexity index is 1710. The van der Waals surface area contributed by atoms with Gasteiger partial charge in [0, 0.05) is 48.8 Å². The summed E-state index contributed by atoms with van der Waals surface area (Å²) in [6.07, 6.45) is 11.2. The smallest absolute Gasteiger partial charge is 0.223 e. The van der Waals surface area contributed by atoms with Gasteiger partial charge in [0.15, 0.2) is 0 Å². The van der Waals surface area contributed by atoms with Gasteiger partial charge in [-0.2, -0.15) is 0 Å². The molecule has 0 bridgehead atoms. The maximum Gasteiger partial charge on any atom is 0.223 e. The SMILES string of the molecule is COC[C@@](C)(N=[N+]=[N-])c1cnc(OC2CC2)c2cnc(Cl)cc12.COC[C@](C)(N=[N+]=[N-])c1cnc(OC2CC2)c2cnc(Cl)cc12. The van der Waals surface area contributed by atoms with E-state index in [2.05, 4.69) is 40.0 Å². The minimum Gasteiger partial charge on any atom is -0.474 e. The van der Waals surface area contributed by atoms with E-state index in [1.165, 1.54) is 0 Å². The van der Waals surface area contributed by atoms with Gasteiger partial charge in [-0.15, -0.1) is 0 Å². The Balaban J connectivity index is 0.000000181. The minimum absolute atomic E-state index is 0.217. The van der Waals surface area contributed by atoms with E-state index in [-0.39, 0.29) is 25.4 Å². The third kappa shape index (κ3) is 7.45. The molecule has 2 aliphatic rings. The fourth-order valence-electron chi connectivity index (χ4n) is 4.99. The number of hydrogen-bond acceptors (Lipinski definition) is 10. The van der Waals surface area contributed by atoms with E-state index in [0.29, 0.717) is 22.1 Å². The molecule has 0 saturated heterocycles. The zero-order valence-corrected chi connectivity index (χ0v) is 27.2. The summed E-state index contributed by atoms with van der Waals surface area (Å²) >= 11 is 12.1. The molecule has 2 fully saturated rings. The molecule has 4 aromatic heterocycles. The Morgan fingerprint density at radius 3 is 1.41 bits per heavy atom. The second-order valence-corrected chi connectivity index (χ2v) is 12.3. The summed E-state index contributed by atoms with van der Waals surface area (Å²) in [7, 11) is 3.11. The van der Waals surface area contributed by atoms with Crippen LogP contribution in [0.2, 0.25) is 10.3 Å². The normalized spacial score (nSPS) is 16.7. The van der Waals surface area contributed by atoms with Gasteiger partial charge >= 0.3 is 0 Å². The van der Waals surface area contributed by atoms with Gasteiger partial charge in [-0.1, -0.05) is 33.4 Å². The summed E-state index contributed by atoms with van der Waals surface area (Å²) < 4.78 is 22.1. The summed E-state index contributed by atoms with van der Waals surface area (Å²) in [5.41, 5.74) is 17.5. The van der Waals surface area contributed by atoms with Crippen LogP contribution < -0.4 is 9.47 Å². The minimum atomic E-state index is -0.905. The van der Waals surface area contributed by atoms with E-state index in [1.54, 1.807) is 65.0 Å². The lowest BCUT2D eigenvalue weighted by atomic mass is 9.91. The van der Waals surface area contributed by atoms with Crippen molar-refractivity contribution in [1.29, 1.82) is 0 Å². The third-order valence-corrected chi connectivity index (χ3v) is 7.97. The van der Waals surface area contributed by atoms with Crippen molar-refractivity contribution in [2.45, 2.75) is 62.8 Å². The van der Waals surface area contributed by atoms with Gasteiger partial charge in [0.1, 0.15) is 22.5 Å². The number of ether oxygens (including phenoxy) is 4. The van der Waals surface area contributed by atoms with Crippen LogP contribution in [-0.4, -0.2) is 59.6 Å². The molecule has 2 aliphatic carbocycles. The fraction of sp³-hybridized carbons (Fsp3) is 0.467. The summed E-state index contributed by atoms with van der Waals surface area (Å²) in [5, 5.41) is 11.6. The van der Waals surface area contributed by atoms with E-state index in [9.17, 15) is 0 Å². The number of aromatic nitrogens is 4. The molecule has 16 heteroatoms. The molecule has 0 spiro atoms. The largest absolute Gasteiger partial charge is 0.474 e. The first kappa shape index (κ1) is 33.2. The second-order valence-electron chi connectivity index (χ2n) is 11.5. The monoisotopic (exact) mass is 666 g/mol. The first-order chi connectivity index (χ1) is 22.1. The molecule has 2 saturated carbocycles. The topological polar surface area (TPSA) is 186 Å². The van der Waals surface area contributed by atoms with Gasteiger partial charge in [-0.25, -0.2) is 19.9 Å². The molecule has 2 atom stereocenters. The lowest BCUT2D eigenvalue weighted by molar-refractivity contribution is 0.141. The summed E-state index contributed by atoms with van der Waals surface area (Å²) in [6, 6.07) is 3.46. The Kier molecular flexibility index (Phi) is 10.2. The molecule has 14 nitrogen and oxygen atoms in total. The zero-order chi connectivity index (χ0) is 32.9. The van der Waals surface area contributed by atoms with Crippen molar-refractivity contribution in [2.75, 3.05) is 27.4 Å². The molecular formula is C30H32Cl2N10O4. The van der Waals surface area contributed by atoms with Gasteiger partial charge in [-0.05, 0) is 84.6 Å². The number of azide groups is 2. The number of methoxy groups -OCH3 is 2. The van der Waals surface area contributed by atoms with Crippen molar-refractivity contribution in [1.82, 2.24) is 19.9 Å². The van der Waals surface area contributed by atoms with Crippen molar-refractivity contribution in [3.63, 3.8) is 0 Å². The lowest BCUT2D eigenvalue weighted by Crippen LogP contribution is -2.25. The quantitative estimate of drug-likeness (QED) is 0.0629. The highest BCUT2D eigenvalue weighted by Gasteiger charge is 2.32. The van der Waals surface area contributed by atoms with Gasteiger partial charge < -0.3 is 18.9 Å². The molecule has 6 rings (SSSR count). The van der Waals surface area contributed by atoms with Crippen LogP contribution >= 0.6 is 23.2 Å². The van der Waals surface area contributed by atoms with Crippen LogP contribution in [0.25, 0.3) is 42.4 Å². The Hall–Kier alpha value is -4.16. The number of halogens is 2. The first-order valence-electron chi connectivity index (χ1n) is 14.5. The second kappa shape index (κ2) is 14.1. The Morgan fingerprint density at radius 2 is 1.09 bits per heavy atom. The molecular weight excluding hydrogens is 635 g/mol. The zero-order valence-electron chi connectivity index (χ0n) is 25.7. The highest BCUT2D eigenvalue weighted by atomic mass is 35.5. The van der Waals surface area contributed by atoms with E-state index >= 15 is 0 Å². The van der Waals surface area contributed by atoms with Crippen molar-refractivity contribution in [3.8, 4) is 11.8 Å². The maximum absolute atomic E-state index is 8.92. The van der Waals surface area contributed by atoms with Gasteiger partial charge in [0.2, 0.25) is 11.8 Å². The molecule has 0 unspecified atom stereocenters. The van der Waals surface area contributed by atoms with E-state index < -0.39 is 11.1 Å². The number of fused-ring (bicyclic) bond motifs is 2. The van der Waals surface area contributed by atoms with Crippen molar-refractivity contribution in [3.05, 3.63) is 79.2 Å². The summed E-state index contributed by atoms with van der Waals surface area (Å²) in [4.78, 5) is 22.9. The molecule has 0 N–H and O–H groups in total. The number of pyridine rings is 4. The average Bonchev–Trinajstić information content (AvgIpc) is 3.95. The highest BCUT2D eigenvalue weighted by Crippen LogP contribution is 2.39. The molecule has 0 radical (unpaired) electrons. The van der Waals surface area contributed by atoms with Crippen molar-refractivity contribution in [2.24, 2.45) is 10.2 Å². The van der Waals surface area contributed by atoms with Crippen LogP contribution in [0, 0.1) is 0 Å². The van der Waals surface area contributed by atoms with E-state index in [4.69, 9.17) is 53.2 Å². The molecule has 0 aromatic carbocycles. The molecule has 240 valence electrons. The van der Waals surface area contributed by atoms with Crippen molar-refractivity contribution < 1.29 is 18.9 Å². The standard InChI is InChI=1S/2C15H16ClN5O2/c2*1-15(8-22-2,20-21-17)12-7-19-14(23-9-3-4-9)11-6-18-13(16)5-10(11)12/h2*5-7,9H,3-4,8H2,1-2H3/t2*15-/m10/s1. The number of hydrogen-bond donors (Lipinski definition) is 0. The van der Waals surface area contributed by atoms with Gasteiger partial charge in [-0.3, -0.25) is 0 Å². The number of rotatable bonds is 12. The van der Waals surface area contributed by atoms with Crippen LogP contribution in [0.1, 0.15) is 50.7 Å². The van der Waals surface area contributed by atoms with E-state index in [1.807, 2.05) is 0 Å². The van der Waals surface area contributed by atoms with Crippen molar-refractivity contribution >= 4 is 44.7 Å². The predicted octanol–water partition coefficient (Wildman–Crippen LogP) is 7.99. The Labute approximate surface area is 274 Å². The predicted molar refractivity (Wildman–Crippen MR) is 173 cm³/mol. The molecule has 4 aromatic rings. The fourth-order valence-corrected chi connectivity index (χ4v) is 5.30. The van der Waals surface area contributed by atoms with Gasteiger partial charge in [0.25, 0.3) is 0 Å². The molecule has 46 heavy (non-hydrogen) atoms. The van der Waals surface area contributed by atoms with Crippen LogP contribution in [0.15, 0.2) is 47.1 Å². The first-order valence-corrected chi connectivity index (χ1v) is 15.2. The molecule has 0 aliphatic heterocycles. The highest BCUT2D eigenvalue weighted by molar-refractivity contribution is 6.30. The lowest BCUT2D eigenvalue weighted by Gasteiger charge is -2.25. The van der Waals surface area contributed by atoms with Crippen LogP contribution in [0.4, 0.5) is 0 Å². The van der Waals surface area contributed by atoms with Crippen LogP contribution in [0.5, 0.6) is 11.8 Å². The van der Waals surface area contributed by atoms with Crippen LogP contribution in [0.3, 0.4) is 0 Å². The maximum atomic E-state index is 8.92. The molecule has 0 amide bonds. The summed E-state index contributed by atoms with van der Waals surface area (Å²) in [5.74, 6) is 1.05.